The van der Waals surface area contributed by atoms with Crippen LogP contribution in [0.5, 0.6) is 5.75 Å². The van der Waals surface area contributed by atoms with Crippen LogP contribution in [0.4, 0.5) is 24.7 Å². The lowest BCUT2D eigenvalue weighted by Gasteiger charge is -2.19. The Hall–Kier alpha value is -4.28. The minimum atomic E-state index is -4.62. The summed E-state index contributed by atoms with van der Waals surface area (Å²) in [6.07, 6.45) is -2.14. The topological polar surface area (TPSA) is 97.9 Å². The molecule has 164 valence electrons. The van der Waals surface area contributed by atoms with Crippen LogP contribution in [0.15, 0.2) is 78.0 Å². The summed E-state index contributed by atoms with van der Waals surface area (Å²) >= 11 is 0. The first kappa shape index (κ1) is 22.4. The maximum Gasteiger partial charge on any atom is 0.416 e. The Kier molecular flexibility index (Phi) is 6.78. The van der Waals surface area contributed by atoms with Gasteiger partial charge in [-0.05, 0) is 45.8 Å². The molecular formula is C21H15F3N4O4. The highest BCUT2D eigenvalue weighted by Gasteiger charge is 2.31. The number of hydrogen-bond donors (Lipinski definition) is 0. The van der Waals surface area contributed by atoms with Gasteiger partial charge >= 0.3 is 12.0 Å². The minimum absolute atomic E-state index is 0.152. The van der Waals surface area contributed by atoms with E-state index in [-0.39, 0.29) is 11.4 Å². The molecular weight excluding hydrogens is 429 g/mol. The van der Waals surface area contributed by atoms with Crippen molar-refractivity contribution in [3.8, 4) is 5.75 Å². The summed E-state index contributed by atoms with van der Waals surface area (Å²) in [6, 6.07) is 15.3. The van der Waals surface area contributed by atoms with Gasteiger partial charge < -0.3 is 14.9 Å². The van der Waals surface area contributed by atoms with E-state index < -0.39 is 35.0 Å². The van der Waals surface area contributed by atoms with Gasteiger partial charge in [-0.1, -0.05) is 36.4 Å². The molecule has 0 aliphatic rings. The van der Waals surface area contributed by atoms with Crippen LogP contribution < -0.4 is 9.75 Å². The van der Waals surface area contributed by atoms with Gasteiger partial charge in [0.2, 0.25) is 5.75 Å². The number of nitro groups is 1. The maximum atomic E-state index is 13.1. The molecule has 0 fully saturated rings. The average Bonchev–Trinajstić information content (AvgIpc) is 2.78. The predicted molar refractivity (Wildman–Crippen MR) is 109 cm³/mol. The number of anilines is 1. The molecule has 0 aliphatic carbocycles. The van der Waals surface area contributed by atoms with E-state index in [0.29, 0.717) is 5.56 Å². The summed E-state index contributed by atoms with van der Waals surface area (Å²) in [6.45, 7) is -0.727. The smallest absolute Gasteiger partial charge is 0.416 e. The molecule has 0 unspecified atom stereocenters. The number of halogens is 3. The summed E-state index contributed by atoms with van der Waals surface area (Å²) in [4.78, 5) is 26.6. The highest BCUT2D eigenvalue weighted by molar-refractivity contribution is 5.96. The van der Waals surface area contributed by atoms with Crippen LogP contribution in [0.1, 0.15) is 11.1 Å². The molecule has 11 heteroatoms. The average molecular weight is 444 g/mol. The Morgan fingerprint density at radius 2 is 1.88 bits per heavy atom. The third-order valence-corrected chi connectivity index (χ3v) is 4.05. The van der Waals surface area contributed by atoms with Gasteiger partial charge in [-0.3, -0.25) is 4.79 Å². The lowest BCUT2D eigenvalue weighted by molar-refractivity contribution is -0.390. The summed E-state index contributed by atoms with van der Waals surface area (Å²) < 4.78 is 44.6. The van der Waals surface area contributed by atoms with Gasteiger partial charge in [0.15, 0.2) is 6.61 Å². The summed E-state index contributed by atoms with van der Waals surface area (Å²) in [5.74, 6) is -1.71. The number of rotatable bonds is 7. The van der Waals surface area contributed by atoms with Crippen LogP contribution >= 0.6 is 0 Å². The Morgan fingerprint density at radius 1 is 1.12 bits per heavy atom. The molecule has 0 bridgehead atoms. The number of amides is 1. The molecule has 1 amide bonds. The molecule has 32 heavy (non-hydrogen) atoms. The first-order chi connectivity index (χ1) is 15.3. The number of ether oxygens (including phenoxy) is 1. The summed E-state index contributed by atoms with van der Waals surface area (Å²) in [7, 11) is 0. The molecule has 2 aromatic carbocycles. The van der Waals surface area contributed by atoms with Crippen LogP contribution in [0.3, 0.4) is 0 Å². The molecule has 0 atom stereocenters. The van der Waals surface area contributed by atoms with E-state index in [1.807, 2.05) is 0 Å². The monoisotopic (exact) mass is 444 g/mol. The molecule has 3 aromatic rings. The zero-order valence-electron chi connectivity index (χ0n) is 16.3. The minimum Gasteiger partial charge on any atom is -0.475 e. The molecule has 0 radical (unpaired) electrons. The number of aromatic nitrogens is 1. The highest BCUT2D eigenvalue weighted by Crippen LogP contribution is 2.32. The number of hydrogen-bond acceptors (Lipinski definition) is 6. The number of hydrazone groups is 1. The molecule has 0 saturated heterocycles. The number of pyridine rings is 1. The second kappa shape index (κ2) is 9.69. The number of carbonyl (C=O) groups excluding carboxylic acids is 1. The Bertz CT molecular complexity index is 1140. The second-order valence-electron chi connectivity index (χ2n) is 6.28. The number of alkyl halides is 3. The van der Waals surface area contributed by atoms with Crippen LogP contribution in [-0.2, 0) is 11.0 Å². The van der Waals surface area contributed by atoms with Gasteiger partial charge in [0.1, 0.15) is 6.20 Å². The molecule has 3 rings (SSSR count). The van der Waals surface area contributed by atoms with Crippen molar-refractivity contribution in [2.45, 2.75) is 6.18 Å². The van der Waals surface area contributed by atoms with Gasteiger partial charge in [0.25, 0.3) is 5.91 Å². The van der Waals surface area contributed by atoms with Crippen LogP contribution in [0.25, 0.3) is 0 Å². The van der Waals surface area contributed by atoms with E-state index in [4.69, 9.17) is 4.74 Å². The fourth-order valence-electron chi connectivity index (χ4n) is 2.59. The first-order valence-electron chi connectivity index (χ1n) is 9.07. The summed E-state index contributed by atoms with van der Waals surface area (Å²) in [5.41, 5.74) is -0.520. The molecule has 0 N–H and O–H groups in total. The van der Waals surface area contributed by atoms with Gasteiger partial charge in [0, 0.05) is 0 Å². The Balaban J connectivity index is 1.89. The van der Waals surface area contributed by atoms with Crippen molar-refractivity contribution in [3.63, 3.8) is 0 Å². The molecule has 0 saturated carbocycles. The lowest BCUT2D eigenvalue weighted by atomic mass is 10.2. The van der Waals surface area contributed by atoms with Crippen molar-refractivity contribution in [2.24, 2.45) is 5.10 Å². The molecule has 0 spiro atoms. The van der Waals surface area contributed by atoms with Gasteiger partial charge in [-0.2, -0.15) is 23.3 Å². The Morgan fingerprint density at radius 3 is 2.56 bits per heavy atom. The van der Waals surface area contributed by atoms with Crippen molar-refractivity contribution >= 4 is 23.6 Å². The third kappa shape index (κ3) is 5.65. The Labute approximate surface area is 179 Å². The van der Waals surface area contributed by atoms with E-state index in [9.17, 15) is 28.1 Å². The SMILES string of the molecule is O=C(COc1cccnc1[N+](=O)[O-])N(/N=C/c1ccccc1)c1cccc(C(F)(F)F)c1. The standard InChI is InChI=1S/C21H15F3N4O4/c22-21(23,24)16-8-4-9-17(12-16)27(26-13-15-6-2-1-3-7-15)19(29)14-32-18-10-5-11-25-20(18)28(30)31/h1-13H,14H2/b26-13+. The van der Waals surface area contributed by atoms with E-state index in [1.54, 1.807) is 30.3 Å². The number of benzene rings is 2. The normalized spacial score (nSPS) is 11.3. The van der Waals surface area contributed by atoms with Gasteiger partial charge in [-0.15, -0.1) is 0 Å². The van der Waals surface area contributed by atoms with E-state index in [2.05, 4.69) is 10.1 Å². The number of carbonyl (C=O) groups is 1. The first-order valence-corrected chi connectivity index (χ1v) is 9.07. The van der Waals surface area contributed by atoms with E-state index >= 15 is 0 Å². The van der Waals surface area contributed by atoms with Crippen molar-refractivity contribution in [2.75, 3.05) is 11.6 Å². The zero-order valence-corrected chi connectivity index (χ0v) is 16.3. The largest absolute Gasteiger partial charge is 0.475 e. The fraction of sp³-hybridized carbons (Fsp3) is 0.0952. The van der Waals surface area contributed by atoms with Gasteiger partial charge in [0.05, 0.1) is 17.5 Å². The molecule has 1 heterocycles. The van der Waals surface area contributed by atoms with E-state index in [0.717, 1.165) is 23.2 Å². The quantitative estimate of drug-likeness (QED) is 0.305. The number of nitrogens with zero attached hydrogens (tertiary/aromatic N) is 4. The van der Waals surface area contributed by atoms with Crippen molar-refractivity contribution in [1.82, 2.24) is 4.98 Å². The van der Waals surface area contributed by atoms with Crippen LogP contribution in [0, 0.1) is 10.1 Å². The fourth-order valence-corrected chi connectivity index (χ4v) is 2.59. The summed E-state index contributed by atoms with van der Waals surface area (Å²) in [5, 5.41) is 15.8. The third-order valence-electron chi connectivity index (χ3n) is 4.05. The van der Waals surface area contributed by atoms with Crippen molar-refractivity contribution < 1.29 is 27.6 Å². The molecule has 0 aliphatic heterocycles. The van der Waals surface area contributed by atoms with E-state index in [1.165, 1.54) is 30.6 Å². The van der Waals surface area contributed by atoms with Crippen LogP contribution in [-0.4, -0.2) is 28.6 Å². The van der Waals surface area contributed by atoms with Gasteiger partial charge in [-0.25, -0.2) is 0 Å². The van der Waals surface area contributed by atoms with Crippen molar-refractivity contribution in [1.29, 1.82) is 0 Å². The predicted octanol–water partition coefficient (Wildman–Crippen LogP) is 4.45. The zero-order chi connectivity index (χ0) is 23.1. The van der Waals surface area contributed by atoms with Crippen LogP contribution in [0.2, 0.25) is 0 Å². The lowest BCUT2D eigenvalue weighted by Crippen LogP contribution is -2.31. The van der Waals surface area contributed by atoms with Crippen molar-refractivity contribution in [3.05, 3.63) is 94.2 Å². The molecule has 8 nitrogen and oxygen atoms in total. The highest BCUT2D eigenvalue weighted by atomic mass is 19.4. The molecule has 1 aromatic heterocycles. The second-order valence-corrected chi connectivity index (χ2v) is 6.28. The maximum absolute atomic E-state index is 13.1.